The smallest absolute Gasteiger partial charge is 0.0878 e. The molecular formula is C14H25NO2. The van der Waals surface area contributed by atoms with Crippen LogP contribution in [0.2, 0.25) is 0 Å². The lowest BCUT2D eigenvalue weighted by Crippen LogP contribution is -2.55. The van der Waals surface area contributed by atoms with E-state index in [0.717, 1.165) is 52.0 Å². The van der Waals surface area contributed by atoms with Gasteiger partial charge in [0.2, 0.25) is 0 Å². The van der Waals surface area contributed by atoms with Gasteiger partial charge in [-0.05, 0) is 19.9 Å². The van der Waals surface area contributed by atoms with Crippen LogP contribution in [-0.2, 0) is 9.47 Å². The molecule has 0 aliphatic carbocycles. The number of hydrogen-bond acceptors (Lipinski definition) is 3. The van der Waals surface area contributed by atoms with Gasteiger partial charge < -0.3 is 14.8 Å². The largest absolute Gasteiger partial charge is 0.381 e. The van der Waals surface area contributed by atoms with Crippen LogP contribution in [0.15, 0.2) is 0 Å². The van der Waals surface area contributed by atoms with Crippen LogP contribution in [0.25, 0.3) is 0 Å². The zero-order chi connectivity index (χ0) is 12.6. The Labute approximate surface area is 105 Å². The van der Waals surface area contributed by atoms with Gasteiger partial charge in [0.1, 0.15) is 0 Å². The van der Waals surface area contributed by atoms with Gasteiger partial charge in [0, 0.05) is 45.1 Å². The van der Waals surface area contributed by atoms with Crippen molar-refractivity contribution in [1.82, 2.24) is 5.32 Å². The summed E-state index contributed by atoms with van der Waals surface area (Å²) in [5.74, 6) is 2.73. The summed E-state index contributed by atoms with van der Waals surface area (Å²) in [6.07, 6.45) is 9.07. The first-order valence-electron chi connectivity index (χ1n) is 6.67. The van der Waals surface area contributed by atoms with Crippen LogP contribution in [0, 0.1) is 12.3 Å². The molecule has 3 nitrogen and oxygen atoms in total. The third-order valence-corrected chi connectivity index (χ3v) is 3.43. The average Bonchev–Trinajstić information content (AvgIpc) is 2.36. The molecule has 0 aromatic carbocycles. The summed E-state index contributed by atoms with van der Waals surface area (Å²) >= 11 is 0. The Balaban J connectivity index is 2.71. The van der Waals surface area contributed by atoms with E-state index in [0.29, 0.717) is 6.04 Å². The Morgan fingerprint density at radius 2 is 2.12 bits per heavy atom. The number of terminal acetylenes is 1. The summed E-state index contributed by atoms with van der Waals surface area (Å²) in [6.45, 7) is 7.46. The summed E-state index contributed by atoms with van der Waals surface area (Å²) in [4.78, 5) is 0. The Hall–Kier alpha value is -0.560. The minimum Gasteiger partial charge on any atom is -0.381 e. The molecule has 0 aromatic rings. The highest BCUT2D eigenvalue weighted by molar-refractivity contribution is 4.97. The van der Waals surface area contributed by atoms with Crippen LogP contribution in [0.5, 0.6) is 0 Å². The van der Waals surface area contributed by atoms with Crippen molar-refractivity contribution in [2.75, 3.05) is 26.4 Å². The predicted octanol–water partition coefficient (Wildman–Crippen LogP) is 1.96. The average molecular weight is 239 g/mol. The summed E-state index contributed by atoms with van der Waals surface area (Å²) in [5, 5.41) is 3.54. The lowest BCUT2D eigenvalue weighted by Gasteiger charge is -2.43. The Morgan fingerprint density at radius 3 is 2.65 bits per heavy atom. The standard InChI is InChI=1S/C14H25NO2/c1-4-7-8-13(15-5-2)14(17-6-3)9-11-16-12-10-14/h1,13,15H,5-12H2,2-3H3. The van der Waals surface area contributed by atoms with Crippen LogP contribution in [-0.4, -0.2) is 38.0 Å². The molecule has 1 fully saturated rings. The molecule has 0 saturated carbocycles. The maximum atomic E-state index is 6.07. The van der Waals surface area contributed by atoms with Crippen molar-refractivity contribution in [2.24, 2.45) is 0 Å². The fourth-order valence-corrected chi connectivity index (χ4v) is 2.62. The van der Waals surface area contributed by atoms with E-state index < -0.39 is 0 Å². The van der Waals surface area contributed by atoms with E-state index in [1.807, 2.05) is 0 Å². The van der Waals surface area contributed by atoms with Crippen molar-refractivity contribution in [3.63, 3.8) is 0 Å². The van der Waals surface area contributed by atoms with Gasteiger partial charge >= 0.3 is 0 Å². The number of ether oxygens (including phenoxy) is 2. The number of hydrogen-bond donors (Lipinski definition) is 1. The quantitative estimate of drug-likeness (QED) is 0.689. The number of nitrogens with one attached hydrogen (secondary N) is 1. The first kappa shape index (κ1) is 14.5. The van der Waals surface area contributed by atoms with E-state index in [-0.39, 0.29) is 5.60 Å². The first-order valence-corrected chi connectivity index (χ1v) is 6.67. The SMILES string of the molecule is C#CCCC(NCC)C1(OCC)CCOCC1. The lowest BCUT2D eigenvalue weighted by molar-refractivity contribution is -0.127. The van der Waals surface area contributed by atoms with Crippen LogP contribution in [0.3, 0.4) is 0 Å². The van der Waals surface area contributed by atoms with E-state index in [4.69, 9.17) is 15.9 Å². The Bertz CT molecular complexity index is 236. The van der Waals surface area contributed by atoms with Crippen LogP contribution < -0.4 is 5.32 Å². The van der Waals surface area contributed by atoms with Gasteiger partial charge in [-0.3, -0.25) is 0 Å². The van der Waals surface area contributed by atoms with E-state index in [1.165, 1.54) is 0 Å². The van der Waals surface area contributed by atoms with Gasteiger partial charge in [-0.15, -0.1) is 12.3 Å². The maximum Gasteiger partial charge on any atom is 0.0878 e. The van der Waals surface area contributed by atoms with Crippen molar-refractivity contribution in [2.45, 2.75) is 51.2 Å². The van der Waals surface area contributed by atoms with Crippen LogP contribution in [0.1, 0.15) is 39.5 Å². The second-order valence-corrected chi connectivity index (χ2v) is 4.46. The van der Waals surface area contributed by atoms with Crippen LogP contribution in [0.4, 0.5) is 0 Å². The van der Waals surface area contributed by atoms with E-state index >= 15 is 0 Å². The van der Waals surface area contributed by atoms with Gasteiger partial charge in [-0.2, -0.15) is 0 Å². The van der Waals surface area contributed by atoms with Crippen molar-refractivity contribution in [3.8, 4) is 12.3 Å². The topological polar surface area (TPSA) is 30.5 Å². The molecule has 0 bridgehead atoms. The fraction of sp³-hybridized carbons (Fsp3) is 0.857. The molecular weight excluding hydrogens is 214 g/mol. The Morgan fingerprint density at radius 1 is 1.41 bits per heavy atom. The minimum atomic E-state index is -0.0835. The normalized spacial score (nSPS) is 20.8. The predicted molar refractivity (Wildman–Crippen MR) is 69.9 cm³/mol. The number of likely N-dealkylation sites (N-methyl/N-ethyl adjacent to an activating group) is 1. The van der Waals surface area contributed by atoms with Crippen molar-refractivity contribution < 1.29 is 9.47 Å². The second-order valence-electron chi connectivity index (χ2n) is 4.46. The molecule has 0 radical (unpaired) electrons. The van der Waals surface area contributed by atoms with Gasteiger partial charge in [0.15, 0.2) is 0 Å². The molecule has 1 saturated heterocycles. The third kappa shape index (κ3) is 3.99. The summed E-state index contributed by atoms with van der Waals surface area (Å²) < 4.78 is 11.5. The van der Waals surface area contributed by atoms with Gasteiger partial charge in [0.05, 0.1) is 5.60 Å². The van der Waals surface area contributed by atoms with Crippen molar-refractivity contribution >= 4 is 0 Å². The van der Waals surface area contributed by atoms with Gasteiger partial charge in [-0.25, -0.2) is 0 Å². The van der Waals surface area contributed by atoms with E-state index in [2.05, 4.69) is 25.1 Å². The molecule has 1 unspecified atom stereocenters. The molecule has 1 heterocycles. The molecule has 1 aliphatic heterocycles. The molecule has 1 aliphatic rings. The fourth-order valence-electron chi connectivity index (χ4n) is 2.62. The molecule has 0 spiro atoms. The zero-order valence-corrected chi connectivity index (χ0v) is 11.1. The highest BCUT2D eigenvalue weighted by Gasteiger charge is 2.40. The molecule has 3 heteroatoms. The lowest BCUT2D eigenvalue weighted by atomic mass is 9.83. The third-order valence-electron chi connectivity index (χ3n) is 3.43. The second kappa shape index (κ2) is 7.71. The number of rotatable bonds is 7. The highest BCUT2D eigenvalue weighted by atomic mass is 16.5. The molecule has 1 rings (SSSR count). The van der Waals surface area contributed by atoms with E-state index in [9.17, 15) is 0 Å². The Kier molecular flexibility index (Phi) is 6.57. The zero-order valence-electron chi connectivity index (χ0n) is 11.1. The maximum absolute atomic E-state index is 6.07. The van der Waals surface area contributed by atoms with Gasteiger partial charge in [-0.1, -0.05) is 6.92 Å². The molecule has 1 atom stereocenters. The summed E-state index contributed by atoms with van der Waals surface area (Å²) in [7, 11) is 0. The summed E-state index contributed by atoms with van der Waals surface area (Å²) in [6, 6.07) is 0.340. The molecule has 17 heavy (non-hydrogen) atoms. The monoisotopic (exact) mass is 239 g/mol. The molecule has 1 N–H and O–H groups in total. The van der Waals surface area contributed by atoms with Crippen molar-refractivity contribution in [3.05, 3.63) is 0 Å². The molecule has 98 valence electrons. The minimum absolute atomic E-state index is 0.0835. The van der Waals surface area contributed by atoms with Crippen molar-refractivity contribution in [1.29, 1.82) is 0 Å². The molecule has 0 amide bonds. The molecule has 0 aromatic heterocycles. The first-order chi connectivity index (χ1) is 8.29. The van der Waals surface area contributed by atoms with Crippen LogP contribution >= 0.6 is 0 Å². The highest BCUT2D eigenvalue weighted by Crippen LogP contribution is 2.31. The van der Waals surface area contributed by atoms with Gasteiger partial charge in [0.25, 0.3) is 0 Å². The van der Waals surface area contributed by atoms with E-state index in [1.54, 1.807) is 0 Å². The summed E-state index contributed by atoms with van der Waals surface area (Å²) in [5.41, 5.74) is -0.0835.